The zero-order valence-corrected chi connectivity index (χ0v) is 15.7. The molecular weight excluding hydrogens is 360 g/mol. The van der Waals surface area contributed by atoms with Crippen molar-refractivity contribution >= 4 is 17.2 Å². The van der Waals surface area contributed by atoms with Gasteiger partial charge in [-0.1, -0.05) is 12.1 Å². The molecule has 7 heteroatoms. The molecule has 1 heterocycles. The number of methoxy groups -OCH3 is 2. The maximum absolute atomic E-state index is 12.8. The highest BCUT2D eigenvalue weighted by molar-refractivity contribution is 6.01. The highest BCUT2D eigenvalue weighted by atomic mass is 16.6. The number of hydrogen-bond acceptors (Lipinski definition) is 6. The average Bonchev–Trinajstić information content (AvgIpc) is 2.71. The minimum Gasteiger partial charge on any atom is -0.493 e. The lowest BCUT2D eigenvalue weighted by molar-refractivity contribution is -0.384. The number of carbonyl (C=O) groups excluding carboxylic acids is 1. The summed E-state index contributed by atoms with van der Waals surface area (Å²) < 4.78 is 10.9. The van der Waals surface area contributed by atoms with Crippen LogP contribution in [0, 0.1) is 10.1 Å². The van der Waals surface area contributed by atoms with Crippen LogP contribution in [0.3, 0.4) is 0 Å². The Bertz CT molecular complexity index is 1010. The Kier molecular flexibility index (Phi) is 4.50. The number of Topliss-reactive ketones (excluding diaryl/α,β-unsaturated/α-hetero) is 1. The van der Waals surface area contributed by atoms with Gasteiger partial charge in [0, 0.05) is 47.5 Å². The zero-order chi connectivity index (χ0) is 19.8. The van der Waals surface area contributed by atoms with Crippen molar-refractivity contribution in [3.05, 3.63) is 68.9 Å². The molecule has 0 spiro atoms. The SMILES string of the molecule is COc1cc2c(cc1OC)[C@H](c1cccc([N+](=O)[O-])c1)C1=C(CCCC1=O)N2. The summed E-state index contributed by atoms with van der Waals surface area (Å²) in [5.41, 5.74) is 3.95. The molecule has 7 nitrogen and oxygen atoms in total. The number of anilines is 1. The maximum Gasteiger partial charge on any atom is 0.269 e. The summed E-state index contributed by atoms with van der Waals surface area (Å²) in [7, 11) is 3.12. The molecule has 2 aromatic rings. The van der Waals surface area contributed by atoms with Crippen LogP contribution in [0.5, 0.6) is 11.5 Å². The van der Waals surface area contributed by atoms with E-state index in [9.17, 15) is 14.9 Å². The Labute approximate surface area is 162 Å². The maximum atomic E-state index is 12.8. The van der Waals surface area contributed by atoms with Crippen LogP contribution in [-0.4, -0.2) is 24.9 Å². The van der Waals surface area contributed by atoms with Gasteiger partial charge in [0.05, 0.1) is 19.1 Å². The summed E-state index contributed by atoms with van der Waals surface area (Å²) in [6.45, 7) is 0. The highest BCUT2D eigenvalue weighted by Crippen LogP contribution is 2.48. The summed E-state index contributed by atoms with van der Waals surface area (Å²) in [5.74, 6) is 0.813. The molecule has 0 unspecified atom stereocenters. The van der Waals surface area contributed by atoms with E-state index in [2.05, 4.69) is 5.32 Å². The first-order valence-corrected chi connectivity index (χ1v) is 9.07. The van der Waals surface area contributed by atoms with Crippen molar-refractivity contribution in [3.8, 4) is 11.5 Å². The summed E-state index contributed by atoms with van der Waals surface area (Å²) in [6, 6.07) is 10.2. The number of nitrogens with one attached hydrogen (secondary N) is 1. The fraction of sp³-hybridized carbons (Fsp3) is 0.286. The van der Waals surface area contributed by atoms with Gasteiger partial charge in [-0.15, -0.1) is 0 Å². The van der Waals surface area contributed by atoms with Crippen LogP contribution in [0.15, 0.2) is 47.7 Å². The average molecular weight is 380 g/mol. The van der Waals surface area contributed by atoms with E-state index in [1.807, 2.05) is 18.2 Å². The van der Waals surface area contributed by atoms with Crippen LogP contribution in [0.25, 0.3) is 0 Å². The molecule has 0 saturated heterocycles. The molecule has 1 atom stereocenters. The number of carbonyl (C=O) groups is 1. The van der Waals surface area contributed by atoms with Crippen LogP contribution in [0.4, 0.5) is 11.4 Å². The third kappa shape index (κ3) is 2.89. The van der Waals surface area contributed by atoms with Gasteiger partial charge in [0.15, 0.2) is 17.3 Å². The van der Waals surface area contributed by atoms with E-state index in [1.54, 1.807) is 26.4 Å². The molecule has 0 fully saturated rings. The fourth-order valence-electron chi connectivity index (χ4n) is 4.05. The van der Waals surface area contributed by atoms with E-state index < -0.39 is 10.8 Å². The van der Waals surface area contributed by atoms with E-state index in [1.165, 1.54) is 6.07 Å². The molecule has 144 valence electrons. The number of hydrogen-bond donors (Lipinski definition) is 1. The van der Waals surface area contributed by atoms with Crippen LogP contribution >= 0.6 is 0 Å². The van der Waals surface area contributed by atoms with Gasteiger partial charge in [0.25, 0.3) is 5.69 Å². The van der Waals surface area contributed by atoms with Gasteiger partial charge in [0.2, 0.25) is 0 Å². The van der Waals surface area contributed by atoms with Crippen LogP contribution in [0.2, 0.25) is 0 Å². The fourth-order valence-corrected chi connectivity index (χ4v) is 4.05. The third-order valence-electron chi connectivity index (χ3n) is 5.31. The molecule has 28 heavy (non-hydrogen) atoms. The molecular formula is C21H20N2O5. The van der Waals surface area contributed by atoms with Gasteiger partial charge >= 0.3 is 0 Å². The standard InChI is InChI=1S/C21H20N2O5/c1-27-18-10-14-16(11-19(18)28-2)22-15-7-4-8-17(24)21(15)20(14)12-5-3-6-13(9-12)23(25)26/h3,5-6,9-11,20,22H,4,7-8H2,1-2H3/t20-/m0/s1. The molecule has 1 N–H and O–H groups in total. The van der Waals surface area contributed by atoms with Crippen molar-refractivity contribution in [2.45, 2.75) is 25.2 Å². The molecule has 0 aromatic heterocycles. The number of benzene rings is 2. The first-order chi connectivity index (χ1) is 13.5. The minimum absolute atomic E-state index is 0.00321. The van der Waals surface area contributed by atoms with Crippen molar-refractivity contribution in [1.82, 2.24) is 0 Å². The molecule has 2 aliphatic rings. The number of allylic oxidation sites excluding steroid dienone is 2. The van der Waals surface area contributed by atoms with Crippen LogP contribution < -0.4 is 14.8 Å². The third-order valence-corrected chi connectivity index (χ3v) is 5.31. The Balaban J connectivity index is 1.96. The number of fused-ring (bicyclic) bond motifs is 1. The monoisotopic (exact) mass is 380 g/mol. The van der Waals surface area contributed by atoms with Crippen molar-refractivity contribution in [2.75, 3.05) is 19.5 Å². The predicted octanol–water partition coefficient (Wildman–Crippen LogP) is 4.18. The topological polar surface area (TPSA) is 90.7 Å². The molecule has 0 amide bonds. The quantitative estimate of drug-likeness (QED) is 0.632. The van der Waals surface area contributed by atoms with E-state index in [-0.39, 0.29) is 11.5 Å². The Hall–Kier alpha value is -3.35. The second kappa shape index (κ2) is 6.99. The van der Waals surface area contributed by atoms with Gasteiger partial charge in [-0.25, -0.2) is 0 Å². The number of nitrogens with zero attached hydrogens (tertiary/aromatic N) is 1. The van der Waals surface area contributed by atoms with Crippen LogP contribution in [0.1, 0.15) is 36.3 Å². The van der Waals surface area contributed by atoms with Crippen molar-refractivity contribution in [1.29, 1.82) is 0 Å². The van der Waals surface area contributed by atoms with Crippen LogP contribution in [-0.2, 0) is 4.79 Å². The Morgan fingerprint density at radius 1 is 1.11 bits per heavy atom. The summed E-state index contributed by atoms with van der Waals surface area (Å²) in [4.78, 5) is 23.7. The molecule has 1 aliphatic heterocycles. The lowest BCUT2D eigenvalue weighted by Gasteiger charge is -2.34. The van der Waals surface area contributed by atoms with Crippen molar-refractivity contribution in [3.63, 3.8) is 0 Å². The molecule has 0 saturated carbocycles. The van der Waals surface area contributed by atoms with Gasteiger partial charge in [-0.3, -0.25) is 14.9 Å². The number of ketones is 1. The normalized spacial score (nSPS) is 18.1. The van der Waals surface area contributed by atoms with E-state index >= 15 is 0 Å². The lowest BCUT2D eigenvalue weighted by Crippen LogP contribution is -2.27. The van der Waals surface area contributed by atoms with Gasteiger partial charge in [-0.2, -0.15) is 0 Å². The number of ether oxygens (including phenoxy) is 2. The van der Waals surface area contributed by atoms with Gasteiger partial charge in [0.1, 0.15) is 0 Å². The number of non-ortho nitro benzene ring substituents is 1. The minimum atomic E-state index is -0.419. The lowest BCUT2D eigenvalue weighted by atomic mass is 9.75. The van der Waals surface area contributed by atoms with Gasteiger partial charge < -0.3 is 14.8 Å². The first-order valence-electron chi connectivity index (χ1n) is 9.07. The predicted molar refractivity (Wildman–Crippen MR) is 104 cm³/mol. The molecule has 0 radical (unpaired) electrons. The largest absolute Gasteiger partial charge is 0.493 e. The summed E-state index contributed by atoms with van der Waals surface area (Å²) in [5, 5.41) is 14.7. The molecule has 1 aliphatic carbocycles. The van der Waals surface area contributed by atoms with E-state index in [4.69, 9.17) is 9.47 Å². The van der Waals surface area contributed by atoms with E-state index in [0.717, 1.165) is 29.8 Å². The van der Waals surface area contributed by atoms with E-state index in [0.29, 0.717) is 29.1 Å². The number of nitro groups is 1. The Morgan fingerprint density at radius 3 is 2.57 bits per heavy atom. The zero-order valence-electron chi connectivity index (χ0n) is 15.7. The highest BCUT2D eigenvalue weighted by Gasteiger charge is 2.36. The second-order valence-electron chi connectivity index (χ2n) is 6.87. The summed E-state index contributed by atoms with van der Waals surface area (Å²) >= 11 is 0. The summed E-state index contributed by atoms with van der Waals surface area (Å²) in [6.07, 6.45) is 2.03. The van der Waals surface area contributed by atoms with Crippen molar-refractivity contribution in [2.24, 2.45) is 0 Å². The Morgan fingerprint density at radius 2 is 1.86 bits per heavy atom. The molecule has 4 rings (SSSR count). The molecule has 0 bridgehead atoms. The number of nitro benzene ring substituents is 1. The smallest absolute Gasteiger partial charge is 0.269 e. The van der Waals surface area contributed by atoms with Gasteiger partial charge in [-0.05, 0) is 30.0 Å². The molecule has 2 aromatic carbocycles. The second-order valence-corrected chi connectivity index (χ2v) is 6.87. The van der Waals surface area contributed by atoms with Crippen molar-refractivity contribution < 1.29 is 19.2 Å². The number of rotatable bonds is 4. The first kappa shape index (κ1) is 18.0.